The quantitative estimate of drug-likeness (QED) is 0.283. The molecule has 7 nitrogen and oxygen atoms in total. The molecule has 0 saturated heterocycles. The van der Waals surface area contributed by atoms with E-state index in [0.29, 0.717) is 22.7 Å². The number of carbonyl (C=O) groups is 2. The summed E-state index contributed by atoms with van der Waals surface area (Å²) in [6.07, 6.45) is 0.331. The lowest BCUT2D eigenvalue weighted by Gasteiger charge is -2.33. The smallest absolute Gasteiger partial charge is 0.264 e. The van der Waals surface area contributed by atoms with E-state index in [4.69, 9.17) is 11.6 Å². The highest BCUT2D eigenvalue weighted by molar-refractivity contribution is 9.10. The number of anilines is 1. The van der Waals surface area contributed by atoms with Gasteiger partial charge < -0.3 is 10.2 Å². The van der Waals surface area contributed by atoms with Crippen LogP contribution in [0, 0.1) is 6.92 Å². The number of carbonyl (C=O) groups excluding carboxylic acids is 2. The van der Waals surface area contributed by atoms with Crippen molar-refractivity contribution in [2.75, 3.05) is 10.8 Å². The van der Waals surface area contributed by atoms with E-state index in [2.05, 4.69) is 21.2 Å². The standard InChI is InChI=1S/C29H33BrClN3O4S/c1-5-27(29(36)32-20(2)3)33(18-22-8-6-7-9-26(22)31)28(35)19-34(24-14-12-23(30)13-15-24)39(37,38)25-16-10-21(4)11-17-25/h6-17,20,27H,5,18-19H2,1-4H3,(H,32,36). The summed E-state index contributed by atoms with van der Waals surface area (Å²) in [5.41, 5.74) is 1.89. The maximum atomic E-state index is 14.0. The summed E-state index contributed by atoms with van der Waals surface area (Å²) >= 11 is 9.80. The third kappa shape index (κ3) is 7.84. The van der Waals surface area contributed by atoms with Crippen LogP contribution in [0.15, 0.2) is 82.2 Å². The Labute approximate surface area is 244 Å². The van der Waals surface area contributed by atoms with Gasteiger partial charge in [0, 0.05) is 22.1 Å². The third-order valence-corrected chi connectivity index (χ3v) is 8.80. The Morgan fingerprint density at radius 1 is 0.974 bits per heavy atom. The summed E-state index contributed by atoms with van der Waals surface area (Å²) in [5.74, 6) is -0.844. The van der Waals surface area contributed by atoms with Crippen LogP contribution in [-0.2, 0) is 26.2 Å². The predicted molar refractivity (Wildman–Crippen MR) is 159 cm³/mol. The molecule has 0 radical (unpaired) electrons. The van der Waals surface area contributed by atoms with Crippen LogP contribution in [0.1, 0.15) is 38.3 Å². The van der Waals surface area contributed by atoms with Crippen LogP contribution in [0.25, 0.3) is 0 Å². The number of halogens is 2. The molecule has 3 aromatic rings. The molecule has 10 heteroatoms. The lowest BCUT2D eigenvalue weighted by molar-refractivity contribution is -0.140. The Morgan fingerprint density at radius 3 is 2.15 bits per heavy atom. The van der Waals surface area contributed by atoms with Crippen molar-refractivity contribution >= 4 is 55.1 Å². The Bertz CT molecular complexity index is 1400. The zero-order chi connectivity index (χ0) is 28.7. The highest BCUT2D eigenvalue weighted by atomic mass is 79.9. The van der Waals surface area contributed by atoms with E-state index in [-0.39, 0.29) is 23.4 Å². The molecule has 0 aliphatic rings. The molecule has 0 fully saturated rings. The first-order chi connectivity index (χ1) is 18.4. The van der Waals surface area contributed by atoms with E-state index < -0.39 is 28.5 Å². The summed E-state index contributed by atoms with van der Waals surface area (Å²) in [6, 6.07) is 19.3. The molecule has 0 aliphatic heterocycles. The molecule has 0 saturated carbocycles. The van der Waals surface area contributed by atoms with E-state index in [9.17, 15) is 18.0 Å². The lowest BCUT2D eigenvalue weighted by Crippen LogP contribution is -2.53. The molecule has 0 aliphatic carbocycles. The monoisotopic (exact) mass is 633 g/mol. The zero-order valence-corrected chi connectivity index (χ0v) is 25.6. The fourth-order valence-electron chi connectivity index (χ4n) is 4.08. The van der Waals surface area contributed by atoms with Gasteiger partial charge >= 0.3 is 0 Å². The molecule has 208 valence electrons. The lowest BCUT2D eigenvalue weighted by atomic mass is 10.1. The van der Waals surface area contributed by atoms with Crippen LogP contribution in [0.5, 0.6) is 0 Å². The number of aryl methyl sites for hydroxylation is 1. The molecule has 0 aromatic heterocycles. The van der Waals surface area contributed by atoms with Crippen molar-refractivity contribution in [2.24, 2.45) is 0 Å². The van der Waals surface area contributed by atoms with Crippen LogP contribution in [-0.4, -0.2) is 43.8 Å². The van der Waals surface area contributed by atoms with Crippen molar-refractivity contribution in [2.45, 2.75) is 57.6 Å². The van der Waals surface area contributed by atoms with Crippen molar-refractivity contribution < 1.29 is 18.0 Å². The van der Waals surface area contributed by atoms with Crippen molar-refractivity contribution in [1.29, 1.82) is 0 Å². The summed E-state index contributed by atoms with van der Waals surface area (Å²) in [5, 5.41) is 3.33. The predicted octanol–water partition coefficient (Wildman–Crippen LogP) is 5.94. The largest absolute Gasteiger partial charge is 0.352 e. The van der Waals surface area contributed by atoms with Gasteiger partial charge in [-0.05, 0) is 75.2 Å². The highest BCUT2D eigenvalue weighted by Crippen LogP contribution is 2.27. The van der Waals surface area contributed by atoms with Gasteiger partial charge in [0.25, 0.3) is 10.0 Å². The minimum absolute atomic E-state index is 0.0429. The molecule has 3 rings (SSSR count). The number of sulfonamides is 1. The Balaban J connectivity index is 2.07. The number of benzene rings is 3. The van der Waals surface area contributed by atoms with Gasteiger partial charge in [-0.25, -0.2) is 8.42 Å². The first-order valence-corrected chi connectivity index (χ1v) is 15.2. The van der Waals surface area contributed by atoms with Crippen molar-refractivity contribution in [3.8, 4) is 0 Å². The average molecular weight is 635 g/mol. The number of nitrogens with zero attached hydrogens (tertiary/aromatic N) is 2. The molecule has 2 amide bonds. The fourth-order valence-corrected chi connectivity index (χ4v) is 5.96. The second-order valence-electron chi connectivity index (χ2n) is 9.50. The average Bonchev–Trinajstić information content (AvgIpc) is 2.88. The van der Waals surface area contributed by atoms with Crippen molar-refractivity contribution in [3.05, 3.63) is 93.4 Å². The number of nitrogens with one attached hydrogen (secondary N) is 1. The van der Waals surface area contributed by atoms with Crippen molar-refractivity contribution in [1.82, 2.24) is 10.2 Å². The highest BCUT2D eigenvalue weighted by Gasteiger charge is 2.34. The van der Waals surface area contributed by atoms with Gasteiger partial charge in [0.15, 0.2) is 0 Å². The van der Waals surface area contributed by atoms with Gasteiger partial charge in [0.05, 0.1) is 10.6 Å². The molecule has 0 spiro atoms. The molecule has 3 aromatic carbocycles. The van der Waals surface area contributed by atoms with Gasteiger partial charge in [-0.15, -0.1) is 0 Å². The maximum Gasteiger partial charge on any atom is 0.264 e. The van der Waals surface area contributed by atoms with Crippen LogP contribution >= 0.6 is 27.5 Å². The Kier molecular flexibility index (Phi) is 10.6. The molecule has 0 bridgehead atoms. The SMILES string of the molecule is CCC(C(=O)NC(C)C)N(Cc1ccccc1Cl)C(=O)CN(c1ccc(Br)cc1)S(=O)(=O)c1ccc(C)cc1. The second-order valence-corrected chi connectivity index (χ2v) is 12.7. The molecular formula is C29H33BrClN3O4S. The van der Waals surface area contributed by atoms with Gasteiger partial charge in [-0.1, -0.05) is 70.3 Å². The maximum absolute atomic E-state index is 14.0. The van der Waals surface area contributed by atoms with Crippen molar-refractivity contribution in [3.63, 3.8) is 0 Å². The van der Waals surface area contributed by atoms with Gasteiger partial charge in [-0.2, -0.15) is 0 Å². The topological polar surface area (TPSA) is 86.8 Å². The van der Waals surface area contributed by atoms with E-state index >= 15 is 0 Å². The Morgan fingerprint density at radius 2 is 1.59 bits per heavy atom. The molecule has 1 N–H and O–H groups in total. The molecular weight excluding hydrogens is 602 g/mol. The summed E-state index contributed by atoms with van der Waals surface area (Å²) in [4.78, 5) is 28.7. The molecule has 39 heavy (non-hydrogen) atoms. The van der Waals surface area contributed by atoms with Crippen LogP contribution in [0.4, 0.5) is 5.69 Å². The Hall–Kier alpha value is -2.88. The van der Waals surface area contributed by atoms with E-state index in [0.717, 1.165) is 14.3 Å². The first-order valence-electron chi connectivity index (χ1n) is 12.6. The molecule has 1 unspecified atom stereocenters. The van der Waals surface area contributed by atoms with Crippen LogP contribution < -0.4 is 9.62 Å². The van der Waals surface area contributed by atoms with Crippen LogP contribution in [0.2, 0.25) is 5.02 Å². The number of hydrogen-bond acceptors (Lipinski definition) is 4. The normalized spacial score (nSPS) is 12.2. The van der Waals surface area contributed by atoms with E-state index in [1.807, 2.05) is 27.7 Å². The minimum atomic E-state index is -4.12. The number of rotatable bonds is 11. The molecule has 1 atom stereocenters. The van der Waals surface area contributed by atoms with Crippen LogP contribution in [0.3, 0.4) is 0 Å². The van der Waals surface area contributed by atoms with E-state index in [1.54, 1.807) is 60.7 Å². The summed E-state index contributed by atoms with van der Waals surface area (Å²) in [6.45, 7) is 6.90. The second kappa shape index (κ2) is 13.5. The molecule has 0 heterocycles. The third-order valence-electron chi connectivity index (χ3n) is 6.12. The minimum Gasteiger partial charge on any atom is -0.352 e. The fraction of sp³-hybridized carbons (Fsp3) is 0.310. The number of hydrogen-bond donors (Lipinski definition) is 1. The summed E-state index contributed by atoms with van der Waals surface area (Å²) < 4.78 is 29.6. The summed E-state index contributed by atoms with van der Waals surface area (Å²) in [7, 11) is -4.12. The van der Waals surface area contributed by atoms with Gasteiger partial charge in [0.1, 0.15) is 12.6 Å². The van der Waals surface area contributed by atoms with E-state index in [1.165, 1.54) is 17.0 Å². The van der Waals surface area contributed by atoms with Gasteiger partial charge in [-0.3, -0.25) is 13.9 Å². The number of amides is 2. The first kappa shape index (κ1) is 30.7. The van der Waals surface area contributed by atoms with Gasteiger partial charge in [0.2, 0.25) is 11.8 Å². The zero-order valence-electron chi connectivity index (χ0n) is 22.4.